The lowest BCUT2D eigenvalue weighted by Gasteiger charge is -2.32. The molecule has 0 spiro atoms. The molecule has 1 saturated heterocycles. The second-order valence-electron chi connectivity index (χ2n) is 6.80. The van der Waals surface area contributed by atoms with Gasteiger partial charge < -0.3 is 14.4 Å². The molecule has 2 aromatic carbocycles. The Balaban J connectivity index is 0.00000243. The smallest absolute Gasteiger partial charge is 0.122 e. The molecule has 0 radical (unpaired) electrons. The van der Waals surface area contributed by atoms with Crippen molar-refractivity contribution < 1.29 is 9.47 Å². The number of hydrogen-bond acceptors (Lipinski definition) is 3. The van der Waals surface area contributed by atoms with Crippen LogP contribution < -0.4 is 9.47 Å². The van der Waals surface area contributed by atoms with Crippen LogP contribution in [0.1, 0.15) is 24.8 Å². The van der Waals surface area contributed by atoms with Crippen LogP contribution in [0.5, 0.6) is 11.5 Å². The molecule has 1 fully saturated rings. The summed E-state index contributed by atoms with van der Waals surface area (Å²) in [6, 6.07) is 18.5. The fourth-order valence-electron chi connectivity index (χ4n) is 3.55. The van der Waals surface area contributed by atoms with Crippen molar-refractivity contribution in [1.29, 1.82) is 0 Å². The summed E-state index contributed by atoms with van der Waals surface area (Å²) in [5, 5.41) is 0. The van der Waals surface area contributed by atoms with Gasteiger partial charge >= 0.3 is 0 Å². The Hall–Kier alpha value is -1.71. The SMILES string of the molecule is COc1ccccc1CCN1CCC(CCOc2ccccc2)CC1.Cl. The van der Waals surface area contributed by atoms with Gasteiger partial charge in [-0.3, -0.25) is 0 Å². The summed E-state index contributed by atoms with van der Waals surface area (Å²) < 4.78 is 11.3. The largest absolute Gasteiger partial charge is 0.496 e. The molecule has 0 unspecified atom stereocenters. The van der Waals surface area contributed by atoms with E-state index in [-0.39, 0.29) is 12.4 Å². The quantitative estimate of drug-likeness (QED) is 0.658. The molecule has 0 aromatic heterocycles. The average molecular weight is 376 g/mol. The minimum atomic E-state index is 0. The van der Waals surface area contributed by atoms with E-state index >= 15 is 0 Å². The fraction of sp³-hybridized carbons (Fsp3) is 0.455. The van der Waals surface area contributed by atoms with E-state index in [0.717, 1.165) is 43.4 Å². The van der Waals surface area contributed by atoms with Gasteiger partial charge in [-0.2, -0.15) is 0 Å². The molecular weight excluding hydrogens is 346 g/mol. The average Bonchev–Trinajstić information content (AvgIpc) is 2.68. The van der Waals surface area contributed by atoms with Crippen molar-refractivity contribution in [2.24, 2.45) is 5.92 Å². The number of likely N-dealkylation sites (tertiary alicyclic amines) is 1. The van der Waals surface area contributed by atoms with Gasteiger partial charge in [0.15, 0.2) is 0 Å². The van der Waals surface area contributed by atoms with E-state index in [4.69, 9.17) is 9.47 Å². The van der Waals surface area contributed by atoms with Gasteiger partial charge in [0.05, 0.1) is 13.7 Å². The van der Waals surface area contributed by atoms with Crippen LogP contribution in [0.4, 0.5) is 0 Å². The highest BCUT2D eigenvalue weighted by molar-refractivity contribution is 5.85. The van der Waals surface area contributed by atoms with Crippen LogP contribution in [0.2, 0.25) is 0 Å². The highest BCUT2D eigenvalue weighted by atomic mass is 35.5. The number of hydrogen-bond donors (Lipinski definition) is 0. The molecule has 0 bridgehead atoms. The first-order valence-corrected chi connectivity index (χ1v) is 9.37. The van der Waals surface area contributed by atoms with Gasteiger partial charge in [-0.05, 0) is 68.5 Å². The van der Waals surface area contributed by atoms with E-state index in [2.05, 4.69) is 17.0 Å². The Morgan fingerprint density at radius 2 is 1.65 bits per heavy atom. The van der Waals surface area contributed by atoms with Crippen molar-refractivity contribution in [2.45, 2.75) is 25.7 Å². The predicted octanol–water partition coefficient (Wildman–Crippen LogP) is 4.84. The van der Waals surface area contributed by atoms with Crippen molar-refractivity contribution in [3.8, 4) is 11.5 Å². The second kappa shape index (κ2) is 11.1. The Bertz CT molecular complexity index is 627. The first-order valence-electron chi connectivity index (χ1n) is 9.37. The Kier molecular flexibility index (Phi) is 8.79. The molecule has 0 saturated carbocycles. The molecule has 1 aliphatic rings. The first kappa shape index (κ1) is 20.6. The molecule has 3 nitrogen and oxygen atoms in total. The van der Waals surface area contributed by atoms with E-state index < -0.39 is 0 Å². The summed E-state index contributed by atoms with van der Waals surface area (Å²) in [5.74, 6) is 2.79. The molecule has 26 heavy (non-hydrogen) atoms. The third-order valence-corrected chi connectivity index (χ3v) is 5.14. The van der Waals surface area contributed by atoms with Crippen molar-refractivity contribution in [3.05, 3.63) is 60.2 Å². The molecule has 1 heterocycles. The molecule has 1 aliphatic heterocycles. The Labute approximate surface area is 163 Å². The minimum absolute atomic E-state index is 0. The number of benzene rings is 2. The van der Waals surface area contributed by atoms with Crippen LogP contribution in [0.15, 0.2) is 54.6 Å². The number of piperidine rings is 1. The lowest BCUT2D eigenvalue weighted by molar-refractivity contribution is 0.164. The standard InChI is InChI=1S/C22H29NO2.ClH/c1-24-22-10-6-5-7-20(22)13-17-23-15-11-19(12-16-23)14-18-25-21-8-3-2-4-9-21;/h2-10,19H,11-18H2,1H3;1H. The maximum atomic E-state index is 5.84. The summed E-state index contributed by atoms with van der Waals surface area (Å²) in [6.07, 6.45) is 4.79. The van der Waals surface area contributed by atoms with Gasteiger partial charge in [0.1, 0.15) is 11.5 Å². The summed E-state index contributed by atoms with van der Waals surface area (Å²) in [5.41, 5.74) is 1.31. The second-order valence-corrected chi connectivity index (χ2v) is 6.80. The van der Waals surface area contributed by atoms with Gasteiger partial charge in [0.2, 0.25) is 0 Å². The molecule has 4 heteroatoms. The number of ether oxygens (including phenoxy) is 2. The van der Waals surface area contributed by atoms with E-state index in [1.165, 1.54) is 31.5 Å². The molecule has 142 valence electrons. The normalized spacial score (nSPS) is 15.3. The van der Waals surface area contributed by atoms with Gasteiger partial charge in [-0.1, -0.05) is 36.4 Å². The lowest BCUT2D eigenvalue weighted by atomic mass is 9.93. The van der Waals surface area contributed by atoms with Crippen LogP contribution in [-0.4, -0.2) is 38.3 Å². The zero-order chi connectivity index (χ0) is 17.3. The zero-order valence-corrected chi connectivity index (χ0v) is 16.4. The number of para-hydroxylation sites is 2. The lowest BCUT2D eigenvalue weighted by Crippen LogP contribution is -2.35. The van der Waals surface area contributed by atoms with Gasteiger partial charge in [-0.25, -0.2) is 0 Å². The number of halogens is 1. The molecular formula is C22H30ClNO2. The predicted molar refractivity (Wildman–Crippen MR) is 110 cm³/mol. The summed E-state index contributed by atoms with van der Waals surface area (Å²) in [4.78, 5) is 2.58. The maximum Gasteiger partial charge on any atom is 0.122 e. The highest BCUT2D eigenvalue weighted by Gasteiger charge is 2.19. The summed E-state index contributed by atoms with van der Waals surface area (Å²) in [7, 11) is 1.75. The van der Waals surface area contributed by atoms with Crippen LogP contribution in [0.3, 0.4) is 0 Å². The van der Waals surface area contributed by atoms with Crippen molar-refractivity contribution in [1.82, 2.24) is 4.90 Å². The third kappa shape index (κ3) is 6.22. The van der Waals surface area contributed by atoms with Gasteiger partial charge in [0.25, 0.3) is 0 Å². The van der Waals surface area contributed by atoms with E-state index in [1.807, 2.05) is 42.5 Å². The van der Waals surface area contributed by atoms with Gasteiger partial charge in [-0.15, -0.1) is 12.4 Å². The molecule has 0 atom stereocenters. The molecule has 0 N–H and O–H groups in total. The first-order chi connectivity index (χ1) is 12.3. The summed E-state index contributed by atoms with van der Waals surface area (Å²) in [6.45, 7) is 4.35. The Morgan fingerprint density at radius 3 is 2.38 bits per heavy atom. The highest BCUT2D eigenvalue weighted by Crippen LogP contribution is 2.23. The topological polar surface area (TPSA) is 21.7 Å². The van der Waals surface area contributed by atoms with Crippen molar-refractivity contribution >= 4 is 12.4 Å². The molecule has 2 aromatic rings. The van der Waals surface area contributed by atoms with Crippen molar-refractivity contribution in [2.75, 3.05) is 33.4 Å². The van der Waals surface area contributed by atoms with Crippen LogP contribution in [0.25, 0.3) is 0 Å². The zero-order valence-electron chi connectivity index (χ0n) is 15.6. The molecule has 3 rings (SSSR count). The van der Waals surface area contributed by atoms with Crippen LogP contribution in [-0.2, 0) is 6.42 Å². The molecule has 0 amide bonds. The van der Waals surface area contributed by atoms with Crippen LogP contribution in [0, 0.1) is 5.92 Å². The number of methoxy groups -OCH3 is 1. The molecule has 0 aliphatic carbocycles. The summed E-state index contributed by atoms with van der Waals surface area (Å²) >= 11 is 0. The third-order valence-electron chi connectivity index (χ3n) is 5.14. The Morgan fingerprint density at radius 1 is 0.962 bits per heavy atom. The fourth-order valence-corrected chi connectivity index (χ4v) is 3.55. The van der Waals surface area contributed by atoms with Gasteiger partial charge in [0, 0.05) is 6.54 Å². The maximum absolute atomic E-state index is 5.84. The van der Waals surface area contributed by atoms with E-state index in [1.54, 1.807) is 7.11 Å². The monoisotopic (exact) mass is 375 g/mol. The van der Waals surface area contributed by atoms with E-state index in [9.17, 15) is 0 Å². The number of rotatable bonds is 8. The number of nitrogens with zero attached hydrogens (tertiary/aromatic N) is 1. The minimum Gasteiger partial charge on any atom is -0.496 e. The van der Waals surface area contributed by atoms with Crippen LogP contribution >= 0.6 is 12.4 Å². The van der Waals surface area contributed by atoms with Crippen molar-refractivity contribution in [3.63, 3.8) is 0 Å². The van der Waals surface area contributed by atoms with E-state index in [0.29, 0.717) is 0 Å².